The number of carbonyl (C=O) groups excluding carboxylic acids is 1. The van der Waals surface area contributed by atoms with E-state index in [0.717, 1.165) is 5.56 Å². The van der Waals surface area contributed by atoms with Crippen LogP contribution in [0.3, 0.4) is 0 Å². The summed E-state index contributed by atoms with van der Waals surface area (Å²) in [7, 11) is 1.57. The van der Waals surface area contributed by atoms with Crippen molar-refractivity contribution < 1.29 is 9.53 Å². The first-order valence-electron chi connectivity index (χ1n) is 8.62. The lowest BCUT2D eigenvalue weighted by atomic mass is 10.2. The van der Waals surface area contributed by atoms with Crippen molar-refractivity contribution in [2.24, 2.45) is 0 Å². The second-order valence-electron chi connectivity index (χ2n) is 6.07. The number of aryl methyl sites for hydroxylation is 1. The van der Waals surface area contributed by atoms with Crippen LogP contribution in [-0.4, -0.2) is 43.2 Å². The van der Waals surface area contributed by atoms with Gasteiger partial charge in [-0.3, -0.25) is 15.2 Å². The number of hydrogen-bond donors (Lipinski definition) is 2. The monoisotopic (exact) mass is 409 g/mol. The van der Waals surface area contributed by atoms with Gasteiger partial charge in [0.05, 0.1) is 24.1 Å². The Bertz CT molecular complexity index is 1180. The molecule has 0 atom stereocenters. The number of nitrogens with zero attached hydrogens (tertiary/aromatic N) is 5. The van der Waals surface area contributed by atoms with Crippen LogP contribution in [0.1, 0.15) is 16.2 Å². The van der Waals surface area contributed by atoms with Crippen LogP contribution in [0.2, 0.25) is 5.02 Å². The predicted octanol–water partition coefficient (Wildman–Crippen LogP) is 3.28. The average Bonchev–Trinajstić information content (AvgIpc) is 3.34. The molecule has 0 fully saturated rings. The Hall–Kier alpha value is -3.72. The van der Waals surface area contributed by atoms with Gasteiger partial charge < -0.3 is 4.74 Å². The molecule has 2 N–H and O–H groups in total. The van der Waals surface area contributed by atoms with Crippen molar-refractivity contribution in [2.45, 2.75) is 6.92 Å². The van der Waals surface area contributed by atoms with E-state index in [1.54, 1.807) is 38.3 Å². The summed E-state index contributed by atoms with van der Waals surface area (Å²) in [5.74, 6) is 0.757. The first kappa shape index (κ1) is 18.6. The average molecular weight is 410 g/mol. The highest BCUT2D eigenvalue weighted by Gasteiger charge is 2.19. The lowest BCUT2D eigenvalue weighted by molar-refractivity contribution is 0.102. The third-order valence-electron chi connectivity index (χ3n) is 4.11. The van der Waals surface area contributed by atoms with E-state index in [-0.39, 0.29) is 11.6 Å². The van der Waals surface area contributed by atoms with Gasteiger partial charge in [0.1, 0.15) is 5.75 Å². The SMILES string of the molecule is COc1ccccc1-c1nc(NC(=O)c2nn(-c3cccc(Cl)c3)nc2C)n[nH]1. The minimum absolute atomic E-state index is 0.118. The molecule has 4 rings (SSSR count). The van der Waals surface area contributed by atoms with E-state index in [1.807, 2.05) is 24.3 Å². The fraction of sp³-hybridized carbons (Fsp3) is 0.105. The standard InChI is InChI=1S/C19H16ClN7O2/c1-11-16(26-27(25-11)13-7-5-6-12(20)10-13)18(28)22-19-21-17(23-24-19)14-8-3-4-9-15(14)29-2/h3-10H,1-2H3,(H2,21,22,23,24,28). The number of hydrogen-bond acceptors (Lipinski definition) is 6. The first-order chi connectivity index (χ1) is 14.0. The molecule has 0 saturated carbocycles. The van der Waals surface area contributed by atoms with Crippen LogP contribution in [0.25, 0.3) is 17.1 Å². The Morgan fingerprint density at radius 2 is 2.00 bits per heavy atom. The maximum atomic E-state index is 12.6. The van der Waals surface area contributed by atoms with Crippen molar-refractivity contribution >= 4 is 23.5 Å². The maximum absolute atomic E-state index is 12.6. The van der Waals surface area contributed by atoms with Crippen molar-refractivity contribution in [1.82, 2.24) is 30.2 Å². The Labute approximate surface area is 170 Å². The molecule has 0 aliphatic rings. The van der Waals surface area contributed by atoms with Gasteiger partial charge in [-0.1, -0.05) is 29.8 Å². The molecule has 1 amide bonds. The van der Waals surface area contributed by atoms with Gasteiger partial charge in [-0.25, -0.2) is 0 Å². The molecule has 0 radical (unpaired) electrons. The zero-order valence-electron chi connectivity index (χ0n) is 15.5. The fourth-order valence-electron chi connectivity index (χ4n) is 2.74. The van der Waals surface area contributed by atoms with Gasteiger partial charge in [-0.2, -0.15) is 14.9 Å². The number of anilines is 1. The summed E-state index contributed by atoms with van der Waals surface area (Å²) in [6.07, 6.45) is 0. The van der Waals surface area contributed by atoms with Crippen LogP contribution in [0.4, 0.5) is 5.95 Å². The predicted molar refractivity (Wildman–Crippen MR) is 107 cm³/mol. The van der Waals surface area contributed by atoms with Crippen LogP contribution in [0, 0.1) is 6.92 Å². The van der Waals surface area contributed by atoms with E-state index in [4.69, 9.17) is 16.3 Å². The van der Waals surface area contributed by atoms with Crippen molar-refractivity contribution in [2.75, 3.05) is 12.4 Å². The summed E-state index contributed by atoms with van der Waals surface area (Å²) < 4.78 is 5.32. The van der Waals surface area contributed by atoms with Gasteiger partial charge in [0.25, 0.3) is 5.91 Å². The van der Waals surface area contributed by atoms with E-state index >= 15 is 0 Å². The Morgan fingerprint density at radius 3 is 2.79 bits per heavy atom. The van der Waals surface area contributed by atoms with Crippen LogP contribution < -0.4 is 10.1 Å². The number of ether oxygens (including phenoxy) is 1. The summed E-state index contributed by atoms with van der Waals surface area (Å²) in [5.41, 5.74) is 2.00. The summed E-state index contributed by atoms with van der Waals surface area (Å²) >= 11 is 6.01. The molecule has 2 heterocycles. The molecule has 0 aliphatic carbocycles. The van der Waals surface area contributed by atoms with Crippen LogP contribution in [0.5, 0.6) is 5.75 Å². The zero-order chi connectivity index (χ0) is 20.4. The number of methoxy groups -OCH3 is 1. The smallest absolute Gasteiger partial charge is 0.280 e. The molecule has 2 aromatic carbocycles. The number of benzene rings is 2. The summed E-state index contributed by atoms with van der Waals surface area (Å²) in [4.78, 5) is 18.3. The van der Waals surface area contributed by atoms with Gasteiger partial charge in [0.2, 0.25) is 5.95 Å². The Morgan fingerprint density at radius 1 is 1.17 bits per heavy atom. The van der Waals surface area contributed by atoms with Crippen LogP contribution in [-0.2, 0) is 0 Å². The third-order valence-corrected chi connectivity index (χ3v) is 4.34. The highest BCUT2D eigenvalue weighted by molar-refractivity contribution is 6.30. The first-order valence-corrected chi connectivity index (χ1v) is 9.00. The number of aromatic amines is 1. The normalized spacial score (nSPS) is 10.7. The van der Waals surface area contributed by atoms with Gasteiger partial charge in [0.15, 0.2) is 11.5 Å². The Balaban J connectivity index is 1.56. The number of halogens is 1. The molecular formula is C19H16ClN7O2. The van der Waals surface area contributed by atoms with E-state index in [0.29, 0.717) is 28.0 Å². The molecule has 29 heavy (non-hydrogen) atoms. The molecule has 0 spiro atoms. The van der Waals surface area contributed by atoms with Crippen LogP contribution in [0.15, 0.2) is 48.5 Å². The summed E-state index contributed by atoms with van der Waals surface area (Å²) in [6, 6.07) is 14.4. The van der Waals surface area contributed by atoms with Crippen molar-refractivity contribution in [3.05, 3.63) is 64.9 Å². The lowest BCUT2D eigenvalue weighted by Gasteiger charge is -2.04. The second-order valence-corrected chi connectivity index (χ2v) is 6.50. The molecule has 2 aromatic heterocycles. The molecule has 0 aliphatic heterocycles. The molecule has 9 nitrogen and oxygen atoms in total. The number of amides is 1. The number of nitrogens with one attached hydrogen (secondary N) is 2. The van der Waals surface area contributed by atoms with Gasteiger partial charge in [-0.15, -0.1) is 10.2 Å². The fourth-order valence-corrected chi connectivity index (χ4v) is 2.93. The molecule has 0 bridgehead atoms. The van der Waals surface area contributed by atoms with E-state index in [1.165, 1.54) is 4.80 Å². The van der Waals surface area contributed by atoms with E-state index in [9.17, 15) is 4.79 Å². The van der Waals surface area contributed by atoms with E-state index in [2.05, 4.69) is 30.7 Å². The summed E-state index contributed by atoms with van der Waals surface area (Å²) in [5, 5.41) is 18.6. The van der Waals surface area contributed by atoms with Crippen molar-refractivity contribution in [3.8, 4) is 22.8 Å². The number of rotatable bonds is 5. The molecule has 4 aromatic rings. The van der Waals surface area contributed by atoms with E-state index < -0.39 is 5.91 Å². The second kappa shape index (κ2) is 7.72. The molecule has 10 heteroatoms. The summed E-state index contributed by atoms with van der Waals surface area (Å²) in [6.45, 7) is 1.70. The topological polar surface area (TPSA) is 111 Å². The third kappa shape index (κ3) is 3.81. The molecule has 0 unspecified atom stereocenters. The minimum atomic E-state index is -0.471. The maximum Gasteiger partial charge on any atom is 0.280 e. The molecular weight excluding hydrogens is 394 g/mol. The largest absolute Gasteiger partial charge is 0.496 e. The minimum Gasteiger partial charge on any atom is -0.496 e. The number of carbonyl (C=O) groups is 1. The Kier molecular flexibility index (Phi) is 4.96. The van der Waals surface area contributed by atoms with Crippen molar-refractivity contribution in [3.63, 3.8) is 0 Å². The number of H-pyrrole nitrogens is 1. The molecule has 0 saturated heterocycles. The highest BCUT2D eigenvalue weighted by Crippen LogP contribution is 2.27. The quantitative estimate of drug-likeness (QED) is 0.523. The highest BCUT2D eigenvalue weighted by atomic mass is 35.5. The molecule has 146 valence electrons. The van der Waals surface area contributed by atoms with Gasteiger partial charge in [-0.05, 0) is 37.3 Å². The number of para-hydroxylation sites is 1. The van der Waals surface area contributed by atoms with Crippen LogP contribution >= 0.6 is 11.6 Å². The number of aromatic nitrogens is 6. The lowest BCUT2D eigenvalue weighted by Crippen LogP contribution is -2.15. The van der Waals surface area contributed by atoms with Gasteiger partial charge >= 0.3 is 0 Å². The zero-order valence-corrected chi connectivity index (χ0v) is 16.3. The van der Waals surface area contributed by atoms with Gasteiger partial charge in [0, 0.05) is 5.02 Å². The van der Waals surface area contributed by atoms with Crippen molar-refractivity contribution in [1.29, 1.82) is 0 Å².